The third kappa shape index (κ3) is 3.07. The number of aryl methyl sites for hydroxylation is 1. The molecule has 0 unspecified atom stereocenters. The lowest BCUT2D eigenvalue weighted by Crippen LogP contribution is -2.19. The molecule has 1 aliphatic rings. The smallest absolute Gasteiger partial charge is 0.158 e. The van der Waals surface area contributed by atoms with E-state index in [1.54, 1.807) is 4.68 Å². The molecule has 124 valence electrons. The van der Waals surface area contributed by atoms with Gasteiger partial charge in [0.1, 0.15) is 12.2 Å². The maximum Gasteiger partial charge on any atom is 0.158 e. The average molecular weight is 325 g/mol. The topological polar surface area (TPSA) is 78.9 Å². The normalized spacial score (nSPS) is 15.7. The van der Waals surface area contributed by atoms with Gasteiger partial charge in [-0.25, -0.2) is 4.68 Å². The fraction of sp³-hybridized carbons (Fsp3) is 0.412. The van der Waals surface area contributed by atoms with Crippen molar-refractivity contribution in [2.45, 2.75) is 32.2 Å². The molecular formula is C17H19N5O2. The molecule has 4 rings (SSSR count). The van der Waals surface area contributed by atoms with E-state index in [-0.39, 0.29) is 0 Å². The van der Waals surface area contributed by atoms with Gasteiger partial charge in [0.25, 0.3) is 0 Å². The van der Waals surface area contributed by atoms with E-state index in [2.05, 4.69) is 39.7 Å². The van der Waals surface area contributed by atoms with Crippen molar-refractivity contribution in [2.75, 3.05) is 13.2 Å². The SMILES string of the molecule is Cc1ccc(-c2cc(Cn3nnnc3C3CCOCC3)on2)cc1. The maximum absolute atomic E-state index is 5.47. The van der Waals surface area contributed by atoms with Crippen molar-refractivity contribution in [1.29, 1.82) is 0 Å². The van der Waals surface area contributed by atoms with E-state index in [1.807, 2.05) is 18.2 Å². The van der Waals surface area contributed by atoms with Gasteiger partial charge in [0.15, 0.2) is 11.6 Å². The Labute approximate surface area is 139 Å². The predicted octanol–water partition coefficient (Wildman–Crippen LogP) is 2.58. The Morgan fingerprint density at radius 3 is 2.75 bits per heavy atom. The lowest BCUT2D eigenvalue weighted by atomic mass is 9.99. The number of hydrogen-bond acceptors (Lipinski definition) is 6. The summed E-state index contributed by atoms with van der Waals surface area (Å²) in [6.45, 7) is 4.07. The molecule has 1 fully saturated rings. The maximum atomic E-state index is 5.47. The van der Waals surface area contributed by atoms with Gasteiger partial charge in [-0.2, -0.15) is 0 Å². The molecule has 0 bridgehead atoms. The summed E-state index contributed by atoms with van der Waals surface area (Å²) < 4.78 is 12.7. The Morgan fingerprint density at radius 2 is 1.96 bits per heavy atom. The van der Waals surface area contributed by atoms with Crippen molar-refractivity contribution >= 4 is 0 Å². The van der Waals surface area contributed by atoms with Gasteiger partial charge in [0.2, 0.25) is 0 Å². The zero-order chi connectivity index (χ0) is 16.4. The van der Waals surface area contributed by atoms with Crippen LogP contribution in [0.2, 0.25) is 0 Å². The summed E-state index contributed by atoms with van der Waals surface area (Å²) in [5.74, 6) is 1.98. The second-order valence-corrected chi connectivity index (χ2v) is 6.13. The Bertz CT molecular complexity index is 803. The number of hydrogen-bond donors (Lipinski definition) is 0. The molecule has 0 saturated carbocycles. The Kier molecular flexibility index (Phi) is 4.08. The van der Waals surface area contributed by atoms with E-state index in [4.69, 9.17) is 9.26 Å². The number of aromatic nitrogens is 5. The molecule has 0 atom stereocenters. The van der Waals surface area contributed by atoms with Crippen LogP contribution >= 0.6 is 0 Å². The van der Waals surface area contributed by atoms with E-state index >= 15 is 0 Å². The van der Waals surface area contributed by atoms with Crippen LogP contribution in [0.15, 0.2) is 34.9 Å². The number of rotatable bonds is 4. The molecule has 3 heterocycles. The first-order valence-corrected chi connectivity index (χ1v) is 8.16. The zero-order valence-corrected chi connectivity index (χ0v) is 13.6. The molecule has 1 aliphatic heterocycles. The molecular weight excluding hydrogens is 306 g/mol. The fourth-order valence-electron chi connectivity index (χ4n) is 2.97. The number of nitrogens with zero attached hydrogens (tertiary/aromatic N) is 5. The van der Waals surface area contributed by atoms with Gasteiger partial charge in [0, 0.05) is 30.8 Å². The second-order valence-electron chi connectivity index (χ2n) is 6.13. The zero-order valence-electron chi connectivity index (χ0n) is 13.6. The number of ether oxygens (including phenoxy) is 1. The highest BCUT2D eigenvalue weighted by Gasteiger charge is 2.22. The minimum absolute atomic E-state index is 0.341. The highest BCUT2D eigenvalue weighted by molar-refractivity contribution is 5.59. The molecule has 0 N–H and O–H groups in total. The number of benzene rings is 1. The molecule has 3 aromatic rings. The minimum atomic E-state index is 0.341. The van der Waals surface area contributed by atoms with Crippen LogP contribution in [-0.2, 0) is 11.3 Å². The van der Waals surface area contributed by atoms with Crippen molar-refractivity contribution in [1.82, 2.24) is 25.4 Å². The highest BCUT2D eigenvalue weighted by Crippen LogP contribution is 2.25. The fourth-order valence-corrected chi connectivity index (χ4v) is 2.97. The molecule has 7 nitrogen and oxygen atoms in total. The summed E-state index contributed by atoms with van der Waals surface area (Å²) in [5.41, 5.74) is 3.08. The summed E-state index contributed by atoms with van der Waals surface area (Å²) in [6.07, 6.45) is 1.90. The summed E-state index contributed by atoms with van der Waals surface area (Å²) in [4.78, 5) is 0. The van der Waals surface area contributed by atoms with Crippen molar-refractivity contribution in [2.24, 2.45) is 0 Å². The predicted molar refractivity (Wildman–Crippen MR) is 86.4 cm³/mol. The van der Waals surface area contributed by atoms with E-state index in [0.717, 1.165) is 48.9 Å². The third-order valence-electron chi connectivity index (χ3n) is 4.36. The number of tetrazole rings is 1. The summed E-state index contributed by atoms with van der Waals surface area (Å²) in [6, 6.07) is 10.2. The van der Waals surface area contributed by atoms with Gasteiger partial charge in [-0.15, -0.1) is 5.10 Å². The summed E-state index contributed by atoms with van der Waals surface area (Å²) in [5, 5.41) is 16.3. The van der Waals surface area contributed by atoms with Gasteiger partial charge in [0.05, 0.1) is 0 Å². The quantitative estimate of drug-likeness (QED) is 0.733. The Balaban J connectivity index is 1.52. The monoisotopic (exact) mass is 325 g/mol. The van der Waals surface area contributed by atoms with E-state index < -0.39 is 0 Å². The highest BCUT2D eigenvalue weighted by atomic mass is 16.5. The second kappa shape index (κ2) is 6.52. The molecule has 0 amide bonds. The van der Waals surface area contributed by atoms with Crippen LogP contribution in [0.4, 0.5) is 0 Å². The third-order valence-corrected chi connectivity index (χ3v) is 4.36. The first-order chi connectivity index (χ1) is 11.8. The summed E-state index contributed by atoms with van der Waals surface area (Å²) >= 11 is 0. The van der Waals surface area contributed by atoms with Crippen molar-refractivity contribution in [3.05, 3.63) is 47.5 Å². The molecule has 7 heteroatoms. The molecule has 1 aromatic carbocycles. The van der Waals surface area contributed by atoms with Crippen LogP contribution < -0.4 is 0 Å². The van der Waals surface area contributed by atoms with Crippen LogP contribution in [0.25, 0.3) is 11.3 Å². The lowest BCUT2D eigenvalue weighted by molar-refractivity contribution is 0.0825. The van der Waals surface area contributed by atoms with Crippen LogP contribution in [0.1, 0.15) is 35.9 Å². The molecule has 1 saturated heterocycles. The van der Waals surface area contributed by atoms with E-state index in [9.17, 15) is 0 Å². The van der Waals surface area contributed by atoms with Crippen LogP contribution in [-0.4, -0.2) is 38.6 Å². The van der Waals surface area contributed by atoms with Gasteiger partial charge in [-0.3, -0.25) is 0 Å². The van der Waals surface area contributed by atoms with Gasteiger partial charge < -0.3 is 9.26 Å². The van der Waals surface area contributed by atoms with Crippen molar-refractivity contribution < 1.29 is 9.26 Å². The minimum Gasteiger partial charge on any atom is -0.381 e. The molecule has 2 aromatic heterocycles. The first-order valence-electron chi connectivity index (χ1n) is 8.16. The van der Waals surface area contributed by atoms with Gasteiger partial charge in [-0.05, 0) is 30.2 Å². The Morgan fingerprint density at radius 1 is 1.17 bits per heavy atom. The molecule has 0 spiro atoms. The molecule has 24 heavy (non-hydrogen) atoms. The van der Waals surface area contributed by atoms with Crippen LogP contribution in [0.3, 0.4) is 0 Å². The summed E-state index contributed by atoms with van der Waals surface area (Å²) in [7, 11) is 0. The molecule has 0 radical (unpaired) electrons. The standard InChI is InChI=1S/C17H19N5O2/c1-12-2-4-13(5-3-12)16-10-15(24-19-16)11-22-17(18-20-21-22)14-6-8-23-9-7-14/h2-5,10,14H,6-9,11H2,1H3. The van der Waals surface area contributed by atoms with Gasteiger partial charge >= 0.3 is 0 Å². The lowest BCUT2D eigenvalue weighted by Gasteiger charge is -2.20. The van der Waals surface area contributed by atoms with Crippen molar-refractivity contribution in [3.63, 3.8) is 0 Å². The van der Waals surface area contributed by atoms with Crippen LogP contribution in [0.5, 0.6) is 0 Å². The van der Waals surface area contributed by atoms with Crippen LogP contribution in [0, 0.1) is 6.92 Å². The Hall–Kier alpha value is -2.54. The average Bonchev–Trinajstić information content (AvgIpc) is 3.26. The van der Waals surface area contributed by atoms with E-state index in [0.29, 0.717) is 12.5 Å². The van der Waals surface area contributed by atoms with Crippen molar-refractivity contribution in [3.8, 4) is 11.3 Å². The van der Waals surface area contributed by atoms with E-state index in [1.165, 1.54) is 5.56 Å². The first kappa shape index (κ1) is 15.0. The van der Waals surface area contributed by atoms with Gasteiger partial charge in [-0.1, -0.05) is 35.0 Å². The molecule has 0 aliphatic carbocycles. The largest absolute Gasteiger partial charge is 0.381 e.